The number of hydrogen-bond donors (Lipinski definition) is 0. The number of carbonyl (C=O) groups is 1. The van der Waals surface area contributed by atoms with E-state index < -0.39 is 0 Å². The summed E-state index contributed by atoms with van der Waals surface area (Å²) in [5, 5.41) is 0. The van der Waals surface area contributed by atoms with Gasteiger partial charge in [0.1, 0.15) is 5.60 Å². The molecule has 0 saturated carbocycles. The largest absolute Gasteiger partial charge is 0.459 e. The normalized spacial score (nSPS) is 14.1. The maximum absolute atomic E-state index is 11.7. The van der Waals surface area contributed by atoms with Crippen LogP contribution in [0.4, 0.5) is 0 Å². The van der Waals surface area contributed by atoms with E-state index in [-0.39, 0.29) is 17.5 Å². The SMILES string of the molecule is CCCC(C)(C)OC(=O)C(C)CC(C)C. The van der Waals surface area contributed by atoms with E-state index in [0.717, 1.165) is 19.3 Å². The van der Waals surface area contributed by atoms with Crippen molar-refractivity contribution in [3.63, 3.8) is 0 Å². The van der Waals surface area contributed by atoms with Crippen LogP contribution < -0.4 is 0 Å². The van der Waals surface area contributed by atoms with Crippen molar-refractivity contribution in [3.8, 4) is 0 Å². The molecule has 0 radical (unpaired) electrons. The lowest BCUT2D eigenvalue weighted by Crippen LogP contribution is -2.31. The molecule has 0 fully saturated rings. The third-order valence-corrected chi connectivity index (χ3v) is 2.46. The summed E-state index contributed by atoms with van der Waals surface area (Å²) in [4.78, 5) is 11.7. The van der Waals surface area contributed by atoms with Gasteiger partial charge in [0.2, 0.25) is 0 Å². The lowest BCUT2D eigenvalue weighted by atomic mass is 9.98. The minimum atomic E-state index is -0.308. The molecule has 0 bridgehead atoms. The highest BCUT2D eigenvalue weighted by molar-refractivity contribution is 5.72. The summed E-state index contributed by atoms with van der Waals surface area (Å²) in [6.07, 6.45) is 2.87. The first-order valence-corrected chi connectivity index (χ1v) is 6.01. The summed E-state index contributed by atoms with van der Waals surface area (Å²) in [6, 6.07) is 0. The quantitative estimate of drug-likeness (QED) is 0.629. The molecule has 90 valence electrons. The Morgan fingerprint density at radius 3 is 2.20 bits per heavy atom. The fraction of sp³-hybridized carbons (Fsp3) is 0.923. The standard InChI is InChI=1S/C13H26O2/c1-7-8-13(5,6)15-12(14)11(4)9-10(2)3/h10-11H,7-9H2,1-6H3. The average Bonchev–Trinajstić information content (AvgIpc) is 2.01. The molecule has 0 aliphatic rings. The number of hydrogen-bond acceptors (Lipinski definition) is 2. The summed E-state index contributed by atoms with van der Waals surface area (Å²) < 4.78 is 5.50. The lowest BCUT2D eigenvalue weighted by molar-refractivity contribution is -0.162. The van der Waals surface area contributed by atoms with Crippen molar-refractivity contribution in [2.24, 2.45) is 11.8 Å². The molecule has 0 rings (SSSR count). The van der Waals surface area contributed by atoms with E-state index in [4.69, 9.17) is 4.74 Å². The molecule has 0 aromatic rings. The second-order valence-electron chi connectivity index (χ2n) is 5.46. The smallest absolute Gasteiger partial charge is 0.309 e. The first kappa shape index (κ1) is 14.5. The van der Waals surface area contributed by atoms with Gasteiger partial charge in [0.25, 0.3) is 0 Å². The van der Waals surface area contributed by atoms with Gasteiger partial charge in [-0.15, -0.1) is 0 Å². The van der Waals surface area contributed by atoms with E-state index in [1.807, 2.05) is 20.8 Å². The first-order chi connectivity index (χ1) is 6.78. The second kappa shape index (κ2) is 6.14. The Hall–Kier alpha value is -0.530. The van der Waals surface area contributed by atoms with Crippen LogP contribution in [-0.2, 0) is 9.53 Å². The van der Waals surface area contributed by atoms with Gasteiger partial charge >= 0.3 is 5.97 Å². The van der Waals surface area contributed by atoms with Gasteiger partial charge in [-0.1, -0.05) is 34.1 Å². The molecule has 0 aromatic carbocycles. The molecular formula is C13H26O2. The molecule has 0 aliphatic heterocycles. The minimum Gasteiger partial charge on any atom is -0.459 e. The van der Waals surface area contributed by atoms with E-state index in [2.05, 4.69) is 20.8 Å². The topological polar surface area (TPSA) is 26.3 Å². The Morgan fingerprint density at radius 1 is 1.27 bits per heavy atom. The third kappa shape index (κ3) is 6.53. The van der Waals surface area contributed by atoms with E-state index in [9.17, 15) is 4.79 Å². The highest BCUT2D eigenvalue weighted by Crippen LogP contribution is 2.21. The fourth-order valence-corrected chi connectivity index (χ4v) is 1.83. The van der Waals surface area contributed by atoms with E-state index >= 15 is 0 Å². The molecule has 0 saturated heterocycles. The molecule has 0 amide bonds. The molecule has 0 N–H and O–H groups in total. The fourth-order valence-electron chi connectivity index (χ4n) is 1.83. The van der Waals surface area contributed by atoms with Gasteiger partial charge in [-0.05, 0) is 32.6 Å². The van der Waals surface area contributed by atoms with Crippen LogP contribution in [-0.4, -0.2) is 11.6 Å². The number of carbonyl (C=O) groups excluding carboxylic acids is 1. The third-order valence-electron chi connectivity index (χ3n) is 2.46. The van der Waals surface area contributed by atoms with Crippen LogP contribution in [0.5, 0.6) is 0 Å². The Balaban J connectivity index is 4.11. The van der Waals surface area contributed by atoms with Crippen molar-refractivity contribution in [2.45, 2.75) is 66.4 Å². The van der Waals surface area contributed by atoms with Crippen LogP contribution in [0.3, 0.4) is 0 Å². The van der Waals surface area contributed by atoms with Gasteiger partial charge in [0.05, 0.1) is 5.92 Å². The summed E-state index contributed by atoms with van der Waals surface area (Å²) in [6.45, 7) is 12.3. The van der Waals surface area contributed by atoms with Gasteiger partial charge in [0.15, 0.2) is 0 Å². The van der Waals surface area contributed by atoms with Crippen LogP contribution >= 0.6 is 0 Å². The molecule has 1 unspecified atom stereocenters. The molecular weight excluding hydrogens is 188 g/mol. The molecule has 15 heavy (non-hydrogen) atoms. The highest BCUT2D eigenvalue weighted by Gasteiger charge is 2.25. The predicted molar refractivity (Wildman–Crippen MR) is 63.7 cm³/mol. The number of rotatable bonds is 6. The zero-order valence-corrected chi connectivity index (χ0v) is 11.1. The van der Waals surface area contributed by atoms with Gasteiger partial charge < -0.3 is 4.74 Å². The zero-order valence-electron chi connectivity index (χ0n) is 11.1. The number of ether oxygens (including phenoxy) is 1. The molecule has 0 spiro atoms. The van der Waals surface area contributed by atoms with Crippen molar-refractivity contribution in [2.75, 3.05) is 0 Å². The Morgan fingerprint density at radius 2 is 1.80 bits per heavy atom. The lowest BCUT2D eigenvalue weighted by Gasteiger charge is -2.26. The molecule has 2 heteroatoms. The van der Waals surface area contributed by atoms with Crippen molar-refractivity contribution in [1.82, 2.24) is 0 Å². The summed E-state index contributed by atoms with van der Waals surface area (Å²) in [5.41, 5.74) is -0.308. The van der Waals surface area contributed by atoms with Crippen molar-refractivity contribution < 1.29 is 9.53 Å². The van der Waals surface area contributed by atoms with Gasteiger partial charge in [-0.2, -0.15) is 0 Å². The highest BCUT2D eigenvalue weighted by atomic mass is 16.6. The van der Waals surface area contributed by atoms with E-state index in [0.29, 0.717) is 5.92 Å². The second-order valence-corrected chi connectivity index (χ2v) is 5.46. The van der Waals surface area contributed by atoms with E-state index in [1.165, 1.54) is 0 Å². The monoisotopic (exact) mass is 214 g/mol. The van der Waals surface area contributed by atoms with Gasteiger partial charge in [0, 0.05) is 0 Å². The molecule has 2 nitrogen and oxygen atoms in total. The van der Waals surface area contributed by atoms with Crippen molar-refractivity contribution in [3.05, 3.63) is 0 Å². The zero-order chi connectivity index (χ0) is 12.1. The van der Waals surface area contributed by atoms with Crippen LogP contribution in [0, 0.1) is 11.8 Å². The van der Waals surface area contributed by atoms with E-state index in [1.54, 1.807) is 0 Å². The van der Waals surface area contributed by atoms with Crippen LogP contribution in [0.25, 0.3) is 0 Å². The average molecular weight is 214 g/mol. The maximum Gasteiger partial charge on any atom is 0.309 e. The molecule has 0 aliphatic carbocycles. The Labute approximate surface area is 94.4 Å². The Kier molecular flexibility index (Phi) is 5.92. The van der Waals surface area contributed by atoms with Gasteiger partial charge in [-0.25, -0.2) is 0 Å². The summed E-state index contributed by atoms with van der Waals surface area (Å²) >= 11 is 0. The summed E-state index contributed by atoms with van der Waals surface area (Å²) in [5.74, 6) is 0.505. The molecule has 1 atom stereocenters. The Bertz CT molecular complexity index is 195. The van der Waals surface area contributed by atoms with Crippen LogP contribution in [0.2, 0.25) is 0 Å². The van der Waals surface area contributed by atoms with Gasteiger partial charge in [-0.3, -0.25) is 4.79 Å². The van der Waals surface area contributed by atoms with Crippen LogP contribution in [0.1, 0.15) is 60.8 Å². The van der Waals surface area contributed by atoms with Crippen molar-refractivity contribution in [1.29, 1.82) is 0 Å². The number of esters is 1. The molecule has 0 aromatic heterocycles. The first-order valence-electron chi connectivity index (χ1n) is 6.01. The molecule has 0 heterocycles. The summed E-state index contributed by atoms with van der Waals surface area (Å²) in [7, 11) is 0. The van der Waals surface area contributed by atoms with Crippen molar-refractivity contribution >= 4 is 5.97 Å². The maximum atomic E-state index is 11.7. The minimum absolute atomic E-state index is 0.0149. The predicted octanol–water partition coefficient (Wildman–Crippen LogP) is 3.79. The van der Waals surface area contributed by atoms with Crippen LogP contribution in [0.15, 0.2) is 0 Å².